The van der Waals surface area contributed by atoms with Crippen molar-refractivity contribution < 1.29 is 14.4 Å². The highest BCUT2D eigenvalue weighted by Crippen LogP contribution is 2.48. The van der Waals surface area contributed by atoms with Crippen molar-refractivity contribution >= 4 is 23.4 Å². The molecule has 6 heteroatoms. The molecule has 0 spiro atoms. The summed E-state index contributed by atoms with van der Waals surface area (Å²) < 4.78 is 0. The zero-order chi connectivity index (χ0) is 20.4. The number of carbonyl (C=O) groups is 3. The summed E-state index contributed by atoms with van der Waals surface area (Å²) in [6.45, 7) is 3.68. The van der Waals surface area contributed by atoms with Crippen LogP contribution < -0.4 is 5.32 Å². The number of hydrogen-bond donors (Lipinski definition) is 1. The SMILES string of the molecule is CC(=O)Nc1ccc(C(=O)N2CCN(C(=O)[C@H]3C[C@H]3c3ccccc3)CC2)cc1. The molecule has 1 saturated carbocycles. The van der Waals surface area contributed by atoms with E-state index in [4.69, 9.17) is 0 Å². The maximum atomic E-state index is 12.8. The highest BCUT2D eigenvalue weighted by Gasteiger charge is 2.46. The molecule has 2 aromatic rings. The number of piperazine rings is 1. The summed E-state index contributed by atoms with van der Waals surface area (Å²) in [4.78, 5) is 40.3. The van der Waals surface area contributed by atoms with Gasteiger partial charge >= 0.3 is 0 Å². The molecule has 1 saturated heterocycles. The van der Waals surface area contributed by atoms with Gasteiger partial charge in [-0.05, 0) is 42.2 Å². The van der Waals surface area contributed by atoms with Crippen LogP contribution in [0.1, 0.15) is 35.2 Å². The molecule has 1 aliphatic heterocycles. The number of carbonyl (C=O) groups excluding carboxylic acids is 3. The van der Waals surface area contributed by atoms with Gasteiger partial charge in [-0.1, -0.05) is 30.3 Å². The van der Waals surface area contributed by atoms with Gasteiger partial charge in [0.25, 0.3) is 5.91 Å². The van der Waals surface area contributed by atoms with Crippen LogP contribution in [-0.4, -0.2) is 53.7 Å². The molecule has 2 atom stereocenters. The van der Waals surface area contributed by atoms with Crippen LogP contribution in [0, 0.1) is 5.92 Å². The summed E-state index contributed by atoms with van der Waals surface area (Å²) >= 11 is 0. The lowest BCUT2D eigenvalue weighted by atomic mass is 10.1. The van der Waals surface area contributed by atoms with Crippen molar-refractivity contribution in [2.75, 3.05) is 31.5 Å². The fraction of sp³-hybridized carbons (Fsp3) is 0.348. The van der Waals surface area contributed by atoms with Gasteiger partial charge in [-0.15, -0.1) is 0 Å². The molecule has 0 radical (unpaired) electrons. The Morgan fingerprint density at radius 1 is 0.862 bits per heavy atom. The largest absolute Gasteiger partial charge is 0.339 e. The fourth-order valence-corrected chi connectivity index (χ4v) is 3.98. The average molecular weight is 391 g/mol. The minimum atomic E-state index is -0.143. The van der Waals surface area contributed by atoms with E-state index in [-0.39, 0.29) is 23.6 Å². The summed E-state index contributed by atoms with van der Waals surface area (Å²) in [5.74, 6) is 0.451. The van der Waals surface area contributed by atoms with Gasteiger partial charge in [-0.2, -0.15) is 0 Å². The predicted molar refractivity (Wildman–Crippen MR) is 111 cm³/mol. The van der Waals surface area contributed by atoms with Crippen molar-refractivity contribution in [1.29, 1.82) is 0 Å². The van der Waals surface area contributed by atoms with E-state index in [0.717, 1.165) is 6.42 Å². The normalized spacial score (nSPS) is 20.9. The first kappa shape index (κ1) is 19.2. The molecule has 2 fully saturated rings. The molecule has 1 heterocycles. The lowest BCUT2D eigenvalue weighted by Gasteiger charge is -2.35. The molecular weight excluding hydrogens is 366 g/mol. The Bertz CT molecular complexity index is 903. The molecule has 1 aliphatic carbocycles. The molecule has 1 N–H and O–H groups in total. The van der Waals surface area contributed by atoms with Crippen molar-refractivity contribution in [3.8, 4) is 0 Å². The second-order valence-corrected chi connectivity index (χ2v) is 7.74. The summed E-state index contributed by atoms with van der Waals surface area (Å²) in [7, 11) is 0. The smallest absolute Gasteiger partial charge is 0.253 e. The second kappa shape index (κ2) is 8.07. The van der Waals surface area contributed by atoms with E-state index >= 15 is 0 Å². The van der Waals surface area contributed by atoms with Gasteiger partial charge in [0.1, 0.15) is 0 Å². The highest BCUT2D eigenvalue weighted by molar-refractivity contribution is 5.95. The third-order valence-electron chi connectivity index (χ3n) is 5.67. The number of rotatable bonds is 4. The maximum absolute atomic E-state index is 12.8. The summed E-state index contributed by atoms with van der Waals surface area (Å²) in [5.41, 5.74) is 2.49. The Morgan fingerprint density at radius 3 is 2.10 bits per heavy atom. The summed E-state index contributed by atoms with van der Waals surface area (Å²) in [6.07, 6.45) is 0.919. The van der Waals surface area contributed by atoms with Crippen LogP contribution in [0.5, 0.6) is 0 Å². The molecule has 6 nitrogen and oxygen atoms in total. The molecule has 0 unspecified atom stereocenters. The van der Waals surface area contributed by atoms with Crippen molar-refractivity contribution in [2.45, 2.75) is 19.3 Å². The molecule has 4 rings (SSSR count). The van der Waals surface area contributed by atoms with E-state index in [1.165, 1.54) is 12.5 Å². The molecule has 150 valence electrons. The predicted octanol–water partition coefficient (Wildman–Crippen LogP) is 2.73. The first-order valence-electron chi connectivity index (χ1n) is 10.0. The Morgan fingerprint density at radius 2 is 1.48 bits per heavy atom. The molecule has 2 aromatic carbocycles. The second-order valence-electron chi connectivity index (χ2n) is 7.74. The molecule has 0 aromatic heterocycles. The van der Waals surface area contributed by atoms with Crippen LogP contribution in [0.25, 0.3) is 0 Å². The highest BCUT2D eigenvalue weighted by atomic mass is 16.2. The third-order valence-corrected chi connectivity index (χ3v) is 5.67. The standard InChI is InChI=1S/C23H25N3O3/c1-16(27)24-19-9-7-18(8-10-19)22(28)25-11-13-26(14-12-25)23(29)21-15-20(21)17-5-3-2-4-6-17/h2-10,20-21H,11-15H2,1H3,(H,24,27)/t20-,21-/m0/s1. The van der Waals surface area contributed by atoms with Crippen LogP contribution >= 0.6 is 0 Å². The number of hydrogen-bond acceptors (Lipinski definition) is 3. The number of nitrogens with one attached hydrogen (secondary N) is 1. The number of amides is 3. The lowest BCUT2D eigenvalue weighted by molar-refractivity contribution is -0.134. The van der Waals surface area contributed by atoms with Crippen molar-refractivity contribution in [3.63, 3.8) is 0 Å². The van der Waals surface area contributed by atoms with Gasteiger partial charge in [0, 0.05) is 50.3 Å². The Labute approximate surface area is 170 Å². The molecule has 0 bridgehead atoms. The first-order valence-corrected chi connectivity index (χ1v) is 10.0. The lowest BCUT2D eigenvalue weighted by Crippen LogP contribution is -2.51. The van der Waals surface area contributed by atoms with Gasteiger partial charge in [0.05, 0.1) is 0 Å². The summed E-state index contributed by atoms with van der Waals surface area (Å²) in [6, 6.07) is 17.1. The number of benzene rings is 2. The third kappa shape index (κ3) is 4.31. The van der Waals surface area contributed by atoms with Crippen molar-refractivity contribution in [1.82, 2.24) is 9.80 Å². The molecular formula is C23H25N3O3. The molecule has 3 amide bonds. The number of nitrogens with zero attached hydrogens (tertiary/aromatic N) is 2. The zero-order valence-corrected chi connectivity index (χ0v) is 16.5. The molecule has 2 aliphatic rings. The maximum Gasteiger partial charge on any atom is 0.253 e. The average Bonchev–Trinajstić information content (AvgIpc) is 3.55. The van der Waals surface area contributed by atoms with Gasteiger partial charge in [0.2, 0.25) is 11.8 Å². The quantitative estimate of drug-likeness (QED) is 0.871. The Balaban J connectivity index is 1.29. The number of anilines is 1. The zero-order valence-electron chi connectivity index (χ0n) is 16.5. The van der Waals surface area contributed by atoms with Crippen LogP contribution in [0.3, 0.4) is 0 Å². The monoisotopic (exact) mass is 391 g/mol. The topological polar surface area (TPSA) is 69.7 Å². The van der Waals surface area contributed by atoms with E-state index < -0.39 is 0 Å². The minimum Gasteiger partial charge on any atom is -0.339 e. The van der Waals surface area contributed by atoms with Gasteiger partial charge < -0.3 is 15.1 Å². The molecule has 29 heavy (non-hydrogen) atoms. The van der Waals surface area contributed by atoms with E-state index in [1.807, 2.05) is 23.1 Å². The first-order chi connectivity index (χ1) is 14.0. The fourth-order valence-electron chi connectivity index (χ4n) is 3.98. The van der Waals surface area contributed by atoms with Gasteiger partial charge in [-0.3, -0.25) is 14.4 Å². The van der Waals surface area contributed by atoms with E-state index in [9.17, 15) is 14.4 Å². The van der Waals surface area contributed by atoms with Crippen LogP contribution in [0.15, 0.2) is 54.6 Å². The van der Waals surface area contributed by atoms with E-state index in [2.05, 4.69) is 17.4 Å². The Hall–Kier alpha value is -3.15. The van der Waals surface area contributed by atoms with Crippen molar-refractivity contribution in [2.24, 2.45) is 5.92 Å². The van der Waals surface area contributed by atoms with Gasteiger partial charge in [-0.25, -0.2) is 0 Å². The van der Waals surface area contributed by atoms with E-state index in [0.29, 0.717) is 43.3 Å². The Kier molecular flexibility index (Phi) is 5.34. The minimum absolute atomic E-state index is 0.0416. The van der Waals surface area contributed by atoms with Crippen molar-refractivity contribution in [3.05, 3.63) is 65.7 Å². The van der Waals surface area contributed by atoms with Crippen LogP contribution in [0.4, 0.5) is 5.69 Å². The van der Waals surface area contributed by atoms with Crippen LogP contribution in [-0.2, 0) is 9.59 Å². The summed E-state index contributed by atoms with van der Waals surface area (Å²) in [5, 5.41) is 2.69. The van der Waals surface area contributed by atoms with Crippen LogP contribution in [0.2, 0.25) is 0 Å². The van der Waals surface area contributed by atoms with E-state index in [1.54, 1.807) is 29.2 Å². The van der Waals surface area contributed by atoms with Gasteiger partial charge in [0.15, 0.2) is 0 Å².